The molecule has 1 aliphatic heterocycles. The number of rotatable bonds is 10. The highest BCUT2D eigenvalue weighted by Gasteiger charge is 2.21. The molecular formula is C28H33N5O6. The predicted molar refractivity (Wildman–Crippen MR) is 145 cm³/mol. The van der Waals surface area contributed by atoms with E-state index in [-0.39, 0.29) is 11.7 Å². The van der Waals surface area contributed by atoms with Crippen LogP contribution in [0.1, 0.15) is 22.6 Å². The fourth-order valence-electron chi connectivity index (χ4n) is 4.21. The first kappa shape index (κ1) is 29.2. The highest BCUT2D eigenvalue weighted by atomic mass is 16.4. The van der Waals surface area contributed by atoms with Crippen LogP contribution in [0.25, 0.3) is 11.0 Å². The van der Waals surface area contributed by atoms with Gasteiger partial charge in [0.25, 0.3) is 0 Å². The minimum Gasteiger partial charge on any atom is -0.478 e. The zero-order valence-electron chi connectivity index (χ0n) is 21.8. The minimum absolute atomic E-state index is 0.0540. The van der Waals surface area contributed by atoms with Crippen LogP contribution >= 0.6 is 0 Å². The molecule has 0 aliphatic carbocycles. The zero-order valence-corrected chi connectivity index (χ0v) is 21.8. The van der Waals surface area contributed by atoms with Crippen molar-refractivity contribution in [3.8, 4) is 0 Å². The number of nitrogens with zero attached hydrogens (tertiary/aromatic N) is 4. The number of ketones is 1. The summed E-state index contributed by atoms with van der Waals surface area (Å²) in [5.74, 6) is -1.33. The average Bonchev–Trinajstić information content (AvgIpc) is 3.29. The number of carboxylic acid groups (broad SMARTS) is 2. The Morgan fingerprint density at radius 2 is 1.46 bits per heavy atom. The quantitative estimate of drug-likeness (QED) is 0.262. The molecule has 1 fully saturated rings. The third-order valence-corrected chi connectivity index (χ3v) is 6.24. The third-order valence-electron chi connectivity index (χ3n) is 6.24. The first-order valence-corrected chi connectivity index (χ1v) is 12.6. The number of piperazine rings is 1. The summed E-state index contributed by atoms with van der Waals surface area (Å²) in [6, 6.07) is 17.6. The molecule has 206 valence electrons. The van der Waals surface area contributed by atoms with Gasteiger partial charge >= 0.3 is 11.9 Å². The molecule has 1 aliphatic rings. The Morgan fingerprint density at radius 1 is 0.872 bits per heavy atom. The van der Waals surface area contributed by atoms with Crippen molar-refractivity contribution in [3.05, 3.63) is 78.1 Å². The van der Waals surface area contributed by atoms with Gasteiger partial charge in [0.15, 0.2) is 5.78 Å². The SMILES string of the molecule is CNC(=O)CN1CCN(Cc2nc3ccccc3n2CCC(=O)c2ccccc2)CC1.O=C(O)/C=C\C(=O)O. The normalized spacial score (nSPS) is 14.1. The van der Waals surface area contributed by atoms with Crippen molar-refractivity contribution in [1.29, 1.82) is 0 Å². The highest BCUT2D eigenvalue weighted by Crippen LogP contribution is 2.19. The largest absolute Gasteiger partial charge is 0.478 e. The lowest BCUT2D eigenvalue weighted by Crippen LogP contribution is -2.49. The summed E-state index contributed by atoms with van der Waals surface area (Å²) in [6.45, 7) is 5.30. The number of aromatic nitrogens is 2. The Morgan fingerprint density at radius 3 is 2.08 bits per heavy atom. The lowest BCUT2D eigenvalue weighted by atomic mass is 10.1. The van der Waals surface area contributed by atoms with Crippen molar-refractivity contribution in [2.45, 2.75) is 19.5 Å². The van der Waals surface area contributed by atoms with Crippen LogP contribution < -0.4 is 5.32 Å². The molecule has 2 heterocycles. The van der Waals surface area contributed by atoms with E-state index in [0.717, 1.165) is 55.1 Å². The van der Waals surface area contributed by atoms with Gasteiger partial charge in [-0.15, -0.1) is 0 Å². The smallest absolute Gasteiger partial charge is 0.328 e. The first-order chi connectivity index (χ1) is 18.8. The maximum absolute atomic E-state index is 12.6. The van der Waals surface area contributed by atoms with Gasteiger partial charge in [0.1, 0.15) is 5.82 Å². The number of hydrogen-bond donors (Lipinski definition) is 3. The van der Waals surface area contributed by atoms with Gasteiger partial charge in [0, 0.05) is 63.9 Å². The number of carbonyl (C=O) groups excluding carboxylic acids is 2. The number of amides is 1. The molecule has 2 aromatic carbocycles. The van der Waals surface area contributed by atoms with Crippen molar-refractivity contribution in [3.63, 3.8) is 0 Å². The number of benzene rings is 2. The third kappa shape index (κ3) is 9.16. The maximum atomic E-state index is 12.6. The Labute approximate surface area is 226 Å². The number of nitrogens with one attached hydrogen (secondary N) is 1. The number of hydrogen-bond acceptors (Lipinski definition) is 7. The van der Waals surface area contributed by atoms with E-state index >= 15 is 0 Å². The minimum atomic E-state index is -1.26. The van der Waals surface area contributed by atoms with Crippen molar-refractivity contribution in [1.82, 2.24) is 24.7 Å². The van der Waals surface area contributed by atoms with Crippen LogP contribution in [0.3, 0.4) is 0 Å². The van der Waals surface area contributed by atoms with Crippen LogP contribution in [0.2, 0.25) is 0 Å². The topological polar surface area (TPSA) is 145 Å². The zero-order chi connectivity index (χ0) is 28.2. The summed E-state index contributed by atoms with van der Waals surface area (Å²) in [7, 11) is 1.67. The van der Waals surface area contributed by atoms with Gasteiger partial charge in [-0.05, 0) is 12.1 Å². The second-order valence-corrected chi connectivity index (χ2v) is 8.94. The van der Waals surface area contributed by atoms with E-state index in [4.69, 9.17) is 15.2 Å². The Bertz CT molecular complexity index is 1300. The molecule has 11 heteroatoms. The number of imidazole rings is 1. The Balaban J connectivity index is 0.000000459. The van der Waals surface area contributed by atoms with E-state index in [2.05, 4.69) is 25.8 Å². The lowest BCUT2D eigenvalue weighted by molar-refractivity contribution is -0.134. The molecule has 0 unspecified atom stereocenters. The molecule has 4 rings (SSSR count). The van der Waals surface area contributed by atoms with Gasteiger partial charge in [-0.2, -0.15) is 0 Å². The van der Waals surface area contributed by atoms with Crippen LogP contribution in [0.5, 0.6) is 0 Å². The second kappa shape index (κ2) is 14.6. The van der Waals surface area contributed by atoms with Crippen LogP contribution in [0.4, 0.5) is 0 Å². The number of aryl methyl sites for hydroxylation is 1. The molecule has 3 aromatic rings. The van der Waals surface area contributed by atoms with Gasteiger partial charge in [-0.25, -0.2) is 14.6 Å². The number of aliphatic carboxylic acids is 2. The van der Waals surface area contributed by atoms with Crippen molar-refractivity contribution >= 4 is 34.7 Å². The molecule has 0 spiro atoms. The number of carboxylic acids is 2. The van der Waals surface area contributed by atoms with Gasteiger partial charge in [0.05, 0.1) is 24.1 Å². The van der Waals surface area contributed by atoms with E-state index in [9.17, 15) is 19.2 Å². The molecule has 3 N–H and O–H groups in total. The molecule has 0 atom stereocenters. The van der Waals surface area contributed by atoms with E-state index in [1.807, 2.05) is 48.5 Å². The van der Waals surface area contributed by atoms with Gasteiger partial charge in [0.2, 0.25) is 5.91 Å². The molecule has 11 nitrogen and oxygen atoms in total. The van der Waals surface area contributed by atoms with Crippen LogP contribution in [0, 0.1) is 0 Å². The molecular weight excluding hydrogens is 502 g/mol. The van der Waals surface area contributed by atoms with Gasteiger partial charge in [-0.1, -0.05) is 42.5 Å². The molecule has 1 saturated heterocycles. The molecule has 0 radical (unpaired) electrons. The van der Waals surface area contributed by atoms with E-state index in [1.165, 1.54) is 0 Å². The highest BCUT2D eigenvalue weighted by molar-refractivity contribution is 5.96. The maximum Gasteiger partial charge on any atom is 0.328 e. The molecule has 1 aromatic heterocycles. The van der Waals surface area contributed by atoms with Crippen LogP contribution in [-0.4, -0.2) is 93.0 Å². The summed E-state index contributed by atoms with van der Waals surface area (Å²) in [4.78, 5) is 52.8. The first-order valence-electron chi connectivity index (χ1n) is 12.6. The Hall–Kier alpha value is -4.35. The van der Waals surface area contributed by atoms with Crippen molar-refractivity contribution in [2.75, 3.05) is 39.8 Å². The van der Waals surface area contributed by atoms with Gasteiger partial charge < -0.3 is 20.1 Å². The molecule has 39 heavy (non-hydrogen) atoms. The number of likely N-dealkylation sites (N-methyl/N-ethyl adjacent to an activating group) is 1. The summed E-state index contributed by atoms with van der Waals surface area (Å²) < 4.78 is 2.19. The van der Waals surface area contributed by atoms with E-state index < -0.39 is 11.9 Å². The van der Waals surface area contributed by atoms with E-state index in [0.29, 0.717) is 31.7 Å². The number of carbonyl (C=O) groups is 4. The summed E-state index contributed by atoms with van der Waals surface area (Å²) in [5.41, 5.74) is 2.78. The number of para-hydroxylation sites is 2. The van der Waals surface area contributed by atoms with Crippen LogP contribution in [-0.2, 0) is 27.5 Å². The molecule has 0 saturated carbocycles. The Kier molecular flexibility index (Phi) is 10.9. The number of Topliss-reactive ketones (excluding diaryl/α,β-unsaturated/α-hetero) is 1. The number of fused-ring (bicyclic) bond motifs is 1. The monoisotopic (exact) mass is 535 g/mol. The van der Waals surface area contributed by atoms with Crippen LogP contribution in [0.15, 0.2) is 66.7 Å². The standard InChI is InChI=1S/C24H29N5O2.C4H4O4/c1-25-24(31)18-28-15-13-27(14-16-28)17-23-26-20-9-5-6-10-21(20)29(23)12-11-22(30)19-7-3-2-4-8-19;5-3(6)1-2-4(7)8/h2-10H,11-18H2,1H3,(H,25,31);1-2H,(H,5,6)(H,7,8)/b;2-1-. The fraction of sp³-hybridized carbons (Fsp3) is 0.321. The molecule has 0 bridgehead atoms. The second-order valence-electron chi connectivity index (χ2n) is 8.94. The predicted octanol–water partition coefficient (Wildman–Crippen LogP) is 1.88. The summed E-state index contributed by atoms with van der Waals surface area (Å²) >= 11 is 0. The van der Waals surface area contributed by atoms with E-state index in [1.54, 1.807) is 7.05 Å². The fourth-order valence-corrected chi connectivity index (χ4v) is 4.21. The van der Waals surface area contributed by atoms with Gasteiger partial charge in [-0.3, -0.25) is 19.4 Å². The molecule has 1 amide bonds. The summed E-state index contributed by atoms with van der Waals surface area (Å²) in [5, 5.41) is 18.3. The van der Waals surface area contributed by atoms with Crippen molar-refractivity contribution < 1.29 is 29.4 Å². The average molecular weight is 536 g/mol. The summed E-state index contributed by atoms with van der Waals surface area (Å²) in [6.07, 6.45) is 1.56. The lowest BCUT2D eigenvalue weighted by Gasteiger charge is -2.34. The van der Waals surface area contributed by atoms with Crippen molar-refractivity contribution in [2.24, 2.45) is 0 Å².